The van der Waals surface area contributed by atoms with Gasteiger partial charge in [0.05, 0.1) is 8.80 Å². The van der Waals surface area contributed by atoms with Crippen molar-refractivity contribution < 1.29 is 0 Å². The molecule has 1 aromatic carbocycles. The predicted molar refractivity (Wildman–Crippen MR) is 79.4 cm³/mol. The van der Waals surface area contributed by atoms with Gasteiger partial charge in [-0.2, -0.15) is 0 Å². The first-order valence-electron chi connectivity index (χ1n) is 7.50. The van der Waals surface area contributed by atoms with E-state index in [1.54, 1.807) is 34.4 Å². The van der Waals surface area contributed by atoms with Gasteiger partial charge in [-0.3, -0.25) is 0 Å². The first-order valence-corrected chi connectivity index (χ1v) is 9.49. The Kier molecular flexibility index (Phi) is 2.51. The van der Waals surface area contributed by atoms with Crippen LogP contribution in [-0.2, 0) is 0 Å². The summed E-state index contributed by atoms with van der Waals surface area (Å²) in [5.74, 6) is 0.892. The van der Waals surface area contributed by atoms with Crippen LogP contribution in [0.25, 0.3) is 6.08 Å². The lowest BCUT2D eigenvalue weighted by atomic mass is 10.00. The fraction of sp³-hybridized carbons (Fsp3) is 0.529. The minimum Gasteiger partial charge on any atom is -0.0682 e. The third-order valence-electron chi connectivity index (χ3n) is 4.98. The normalized spacial score (nSPS) is 27.4. The molecule has 1 aromatic rings. The second-order valence-corrected chi connectivity index (χ2v) is 9.20. The van der Waals surface area contributed by atoms with Gasteiger partial charge in [-0.05, 0) is 47.9 Å². The fourth-order valence-corrected chi connectivity index (χ4v) is 7.64. The zero-order valence-corrected chi connectivity index (χ0v) is 12.2. The Bertz CT molecular complexity index is 504. The molecule has 0 amide bonds. The van der Waals surface area contributed by atoms with Crippen LogP contribution in [0.2, 0.25) is 12.1 Å². The van der Waals surface area contributed by atoms with E-state index in [1.807, 2.05) is 0 Å². The molecule has 1 heteroatoms. The maximum absolute atomic E-state index is 2.53. The number of fused-ring (bicyclic) bond motifs is 1. The Morgan fingerprint density at radius 2 is 1.78 bits per heavy atom. The van der Waals surface area contributed by atoms with Crippen molar-refractivity contribution in [2.45, 2.75) is 56.2 Å². The van der Waals surface area contributed by atoms with E-state index in [-0.39, 0.29) is 8.80 Å². The van der Waals surface area contributed by atoms with Crippen molar-refractivity contribution in [3.63, 3.8) is 0 Å². The Hall–Kier alpha value is -0.823. The quantitative estimate of drug-likeness (QED) is 0.658. The molecule has 1 unspecified atom stereocenters. The first-order chi connectivity index (χ1) is 8.84. The summed E-state index contributed by atoms with van der Waals surface area (Å²) in [6.07, 6.45) is 8.37. The SMILES string of the molecule is CC1=Cc2c(C3CC3)cccc2C1[Si]1CCCC1. The van der Waals surface area contributed by atoms with Gasteiger partial charge in [0.15, 0.2) is 0 Å². The molecule has 2 fully saturated rings. The highest BCUT2D eigenvalue weighted by Gasteiger charge is 2.36. The summed E-state index contributed by atoms with van der Waals surface area (Å²) >= 11 is 0. The van der Waals surface area contributed by atoms with Gasteiger partial charge >= 0.3 is 0 Å². The highest BCUT2D eigenvalue weighted by molar-refractivity contribution is 6.62. The number of rotatable bonds is 2. The van der Waals surface area contributed by atoms with Crippen LogP contribution in [0, 0.1) is 0 Å². The molecule has 0 nitrogen and oxygen atoms in total. The van der Waals surface area contributed by atoms with Gasteiger partial charge in [0.1, 0.15) is 0 Å². The Balaban J connectivity index is 1.77. The van der Waals surface area contributed by atoms with E-state index in [1.165, 1.54) is 25.7 Å². The molecular formula is C17H21Si. The molecule has 0 aromatic heterocycles. The summed E-state index contributed by atoms with van der Waals surface area (Å²) in [6.45, 7) is 2.39. The Morgan fingerprint density at radius 3 is 2.50 bits per heavy atom. The van der Waals surface area contributed by atoms with Crippen LogP contribution in [0.5, 0.6) is 0 Å². The molecule has 1 atom stereocenters. The molecule has 0 spiro atoms. The van der Waals surface area contributed by atoms with Gasteiger partial charge in [-0.15, -0.1) is 0 Å². The van der Waals surface area contributed by atoms with Crippen molar-refractivity contribution in [1.29, 1.82) is 0 Å². The van der Waals surface area contributed by atoms with Crippen molar-refractivity contribution in [2.75, 3.05) is 0 Å². The number of allylic oxidation sites excluding steroid dienone is 1. The van der Waals surface area contributed by atoms with Crippen molar-refractivity contribution in [1.82, 2.24) is 0 Å². The van der Waals surface area contributed by atoms with Crippen LogP contribution in [0.3, 0.4) is 0 Å². The molecule has 18 heavy (non-hydrogen) atoms. The molecule has 1 radical (unpaired) electrons. The Morgan fingerprint density at radius 1 is 1.06 bits per heavy atom. The summed E-state index contributed by atoms with van der Waals surface area (Å²) in [7, 11) is -0.140. The average molecular weight is 253 g/mol. The molecule has 0 bridgehead atoms. The molecule has 1 saturated heterocycles. The molecule has 3 aliphatic rings. The summed E-state index contributed by atoms with van der Waals surface area (Å²) in [5, 5.41) is 0. The fourth-order valence-electron chi connectivity index (χ4n) is 3.99. The monoisotopic (exact) mass is 253 g/mol. The predicted octanol–water partition coefficient (Wildman–Crippen LogP) is 4.89. The van der Waals surface area contributed by atoms with E-state index < -0.39 is 0 Å². The number of benzene rings is 1. The molecule has 1 saturated carbocycles. The average Bonchev–Trinajstić information content (AvgIpc) is 2.96. The van der Waals surface area contributed by atoms with Crippen LogP contribution in [0.15, 0.2) is 23.8 Å². The highest BCUT2D eigenvalue weighted by atomic mass is 28.3. The standard InChI is InChI=1S/C17H21Si/c1-12-11-16-14(13-7-8-13)5-4-6-15(16)17(12)18-9-2-3-10-18/h4-6,11,13,17H,2-3,7-10H2,1H3. The molecule has 4 rings (SSSR count). The van der Waals surface area contributed by atoms with Crippen molar-refractivity contribution in [3.05, 3.63) is 40.5 Å². The lowest BCUT2D eigenvalue weighted by Gasteiger charge is -2.20. The van der Waals surface area contributed by atoms with Crippen LogP contribution >= 0.6 is 0 Å². The van der Waals surface area contributed by atoms with Gasteiger partial charge in [0.25, 0.3) is 0 Å². The summed E-state index contributed by atoms with van der Waals surface area (Å²) in [4.78, 5) is 0. The van der Waals surface area contributed by atoms with Gasteiger partial charge < -0.3 is 0 Å². The molecule has 93 valence electrons. The smallest absolute Gasteiger partial charge is 0.0616 e. The van der Waals surface area contributed by atoms with E-state index in [4.69, 9.17) is 0 Å². The van der Waals surface area contributed by atoms with Gasteiger partial charge in [0, 0.05) is 0 Å². The molecule has 1 heterocycles. The minimum atomic E-state index is -0.140. The van der Waals surface area contributed by atoms with Gasteiger partial charge in [-0.1, -0.05) is 54.8 Å². The third kappa shape index (κ3) is 1.64. The number of hydrogen-bond donors (Lipinski definition) is 0. The van der Waals surface area contributed by atoms with Crippen LogP contribution in [0.4, 0.5) is 0 Å². The van der Waals surface area contributed by atoms with Crippen molar-refractivity contribution >= 4 is 14.9 Å². The highest BCUT2D eigenvalue weighted by Crippen LogP contribution is 2.49. The maximum Gasteiger partial charge on any atom is 0.0616 e. The maximum atomic E-state index is 2.53. The van der Waals surface area contributed by atoms with E-state index in [0.717, 1.165) is 11.5 Å². The topological polar surface area (TPSA) is 0 Å². The number of hydrogen-bond acceptors (Lipinski definition) is 0. The second-order valence-electron chi connectivity index (χ2n) is 6.31. The molecule has 2 aliphatic carbocycles. The lowest BCUT2D eigenvalue weighted by molar-refractivity contribution is 0.935. The lowest BCUT2D eigenvalue weighted by Crippen LogP contribution is -2.19. The summed E-state index contributed by atoms with van der Waals surface area (Å²) in [6, 6.07) is 10.2. The largest absolute Gasteiger partial charge is 0.0682 e. The minimum absolute atomic E-state index is 0.140. The molecule has 1 aliphatic heterocycles. The summed E-state index contributed by atoms with van der Waals surface area (Å²) in [5.41, 5.74) is 7.52. The Labute approximate surface area is 112 Å². The first kappa shape index (κ1) is 11.0. The van der Waals surface area contributed by atoms with E-state index in [2.05, 4.69) is 31.2 Å². The zero-order valence-electron chi connectivity index (χ0n) is 11.2. The summed E-state index contributed by atoms with van der Waals surface area (Å²) < 4.78 is 0. The van der Waals surface area contributed by atoms with E-state index in [0.29, 0.717) is 0 Å². The van der Waals surface area contributed by atoms with E-state index >= 15 is 0 Å². The second kappa shape index (κ2) is 4.09. The molecule has 0 N–H and O–H groups in total. The van der Waals surface area contributed by atoms with Crippen LogP contribution in [0.1, 0.15) is 60.8 Å². The zero-order chi connectivity index (χ0) is 12.1. The van der Waals surface area contributed by atoms with Crippen molar-refractivity contribution in [3.8, 4) is 0 Å². The van der Waals surface area contributed by atoms with E-state index in [9.17, 15) is 0 Å². The van der Waals surface area contributed by atoms with Crippen molar-refractivity contribution in [2.24, 2.45) is 0 Å². The van der Waals surface area contributed by atoms with Gasteiger partial charge in [0.2, 0.25) is 0 Å². The molecular weight excluding hydrogens is 232 g/mol. The van der Waals surface area contributed by atoms with Crippen LogP contribution < -0.4 is 0 Å². The van der Waals surface area contributed by atoms with Gasteiger partial charge in [-0.25, -0.2) is 0 Å². The van der Waals surface area contributed by atoms with Crippen LogP contribution in [-0.4, -0.2) is 8.80 Å². The third-order valence-corrected chi connectivity index (χ3v) is 8.56.